The van der Waals surface area contributed by atoms with Gasteiger partial charge >= 0.3 is 0 Å². The summed E-state index contributed by atoms with van der Waals surface area (Å²) in [7, 11) is 3.92. The first-order valence-electron chi connectivity index (χ1n) is 7.84. The molecule has 2 aromatic rings. The van der Waals surface area contributed by atoms with Gasteiger partial charge in [-0.1, -0.05) is 29.8 Å². The van der Waals surface area contributed by atoms with E-state index in [1.54, 1.807) is 0 Å². The number of nitrogens with zero attached hydrogens (tertiary/aromatic N) is 5. The van der Waals surface area contributed by atoms with Crippen molar-refractivity contribution in [2.75, 3.05) is 50.1 Å². The Morgan fingerprint density at radius 3 is 2.52 bits per heavy atom. The van der Waals surface area contributed by atoms with E-state index in [2.05, 4.69) is 25.8 Å². The largest absolute Gasteiger partial charge is 0.354 e. The van der Waals surface area contributed by atoms with Crippen LogP contribution in [0.1, 0.15) is 5.56 Å². The maximum Gasteiger partial charge on any atom is 0.226 e. The minimum atomic E-state index is 0.751. The summed E-state index contributed by atoms with van der Waals surface area (Å²) in [6.45, 7) is 4.85. The number of benzene rings is 1. The summed E-state index contributed by atoms with van der Waals surface area (Å²) < 4.78 is 0. The number of hydrogen-bond acceptors (Lipinski definition) is 5. The summed E-state index contributed by atoms with van der Waals surface area (Å²) >= 11 is 6.26. The number of anilines is 2. The molecular formula is C17H22ClN5. The number of rotatable bonds is 4. The van der Waals surface area contributed by atoms with Gasteiger partial charge in [0.25, 0.3) is 0 Å². The van der Waals surface area contributed by atoms with Crippen molar-refractivity contribution in [1.82, 2.24) is 14.9 Å². The van der Waals surface area contributed by atoms with E-state index in [0.29, 0.717) is 0 Å². The molecule has 1 aliphatic rings. The molecule has 0 amide bonds. The SMILES string of the molecule is CN(C)c1nccc(N2CCN(Cc3ccccc3Cl)CC2)n1. The van der Waals surface area contributed by atoms with Crippen LogP contribution in [-0.4, -0.2) is 55.1 Å². The van der Waals surface area contributed by atoms with Gasteiger partial charge in [0.2, 0.25) is 5.95 Å². The van der Waals surface area contributed by atoms with E-state index in [4.69, 9.17) is 11.6 Å². The van der Waals surface area contributed by atoms with Crippen LogP contribution in [0.4, 0.5) is 11.8 Å². The molecule has 2 heterocycles. The van der Waals surface area contributed by atoms with E-state index >= 15 is 0 Å². The van der Waals surface area contributed by atoms with Crippen LogP contribution in [0.15, 0.2) is 36.5 Å². The van der Waals surface area contributed by atoms with Gasteiger partial charge in [-0.3, -0.25) is 4.90 Å². The second kappa shape index (κ2) is 7.15. The van der Waals surface area contributed by atoms with Crippen LogP contribution in [0.3, 0.4) is 0 Å². The zero-order valence-corrected chi connectivity index (χ0v) is 14.4. The second-order valence-corrected chi connectivity index (χ2v) is 6.37. The molecule has 0 unspecified atom stereocenters. The molecule has 23 heavy (non-hydrogen) atoms. The predicted molar refractivity (Wildman–Crippen MR) is 95.3 cm³/mol. The molecule has 6 heteroatoms. The molecule has 0 bridgehead atoms. The molecule has 0 aliphatic carbocycles. The van der Waals surface area contributed by atoms with Gasteiger partial charge in [-0.25, -0.2) is 4.98 Å². The van der Waals surface area contributed by atoms with E-state index < -0.39 is 0 Å². The highest BCUT2D eigenvalue weighted by Crippen LogP contribution is 2.20. The molecular weight excluding hydrogens is 310 g/mol. The summed E-state index contributed by atoms with van der Waals surface area (Å²) in [5.41, 5.74) is 1.19. The van der Waals surface area contributed by atoms with E-state index in [1.807, 2.05) is 49.5 Å². The molecule has 0 saturated carbocycles. The van der Waals surface area contributed by atoms with Crippen LogP contribution in [0.2, 0.25) is 5.02 Å². The third-order valence-electron chi connectivity index (χ3n) is 4.08. The van der Waals surface area contributed by atoms with Crippen molar-refractivity contribution in [2.45, 2.75) is 6.54 Å². The highest BCUT2D eigenvalue weighted by atomic mass is 35.5. The van der Waals surface area contributed by atoms with E-state index in [1.165, 1.54) is 5.56 Å². The van der Waals surface area contributed by atoms with Crippen molar-refractivity contribution in [2.24, 2.45) is 0 Å². The fraction of sp³-hybridized carbons (Fsp3) is 0.412. The number of piperazine rings is 1. The van der Waals surface area contributed by atoms with Crippen molar-refractivity contribution in [3.8, 4) is 0 Å². The van der Waals surface area contributed by atoms with Crippen molar-refractivity contribution >= 4 is 23.4 Å². The first kappa shape index (κ1) is 16.0. The van der Waals surface area contributed by atoms with E-state index in [-0.39, 0.29) is 0 Å². The minimum absolute atomic E-state index is 0.751. The van der Waals surface area contributed by atoms with Crippen LogP contribution < -0.4 is 9.80 Å². The Hall–Kier alpha value is -1.85. The Bertz CT molecular complexity index is 653. The molecule has 1 aromatic carbocycles. The zero-order valence-electron chi connectivity index (χ0n) is 13.6. The van der Waals surface area contributed by atoms with Crippen molar-refractivity contribution in [3.05, 3.63) is 47.1 Å². The van der Waals surface area contributed by atoms with Gasteiger partial charge in [0.05, 0.1) is 0 Å². The van der Waals surface area contributed by atoms with Crippen LogP contribution in [0.25, 0.3) is 0 Å². The fourth-order valence-electron chi connectivity index (χ4n) is 2.73. The second-order valence-electron chi connectivity index (χ2n) is 5.96. The van der Waals surface area contributed by atoms with Gasteiger partial charge in [-0.05, 0) is 17.7 Å². The lowest BCUT2D eigenvalue weighted by atomic mass is 10.2. The van der Waals surface area contributed by atoms with Gasteiger partial charge < -0.3 is 9.80 Å². The van der Waals surface area contributed by atoms with Crippen LogP contribution in [0, 0.1) is 0 Å². The number of aromatic nitrogens is 2. The molecule has 1 aliphatic heterocycles. The van der Waals surface area contributed by atoms with Gasteiger partial charge in [0.1, 0.15) is 5.82 Å². The van der Waals surface area contributed by atoms with Crippen molar-refractivity contribution in [3.63, 3.8) is 0 Å². The van der Waals surface area contributed by atoms with Crippen molar-refractivity contribution in [1.29, 1.82) is 0 Å². The quantitative estimate of drug-likeness (QED) is 0.860. The number of halogens is 1. The summed E-state index contributed by atoms with van der Waals surface area (Å²) in [6, 6.07) is 10.1. The van der Waals surface area contributed by atoms with Gasteiger partial charge in [-0.2, -0.15) is 4.98 Å². The zero-order chi connectivity index (χ0) is 16.2. The fourth-order valence-corrected chi connectivity index (χ4v) is 2.93. The summed E-state index contributed by atoms with van der Waals surface area (Å²) in [4.78, 5) is 15.6. The van der Waals surface area contributed by atoms with Crippen molar-refractivity contribution < 1.29 is 0 Å². The number of hydrogen-bond donors (Lipinski definition) is 0. The lowest BCUT2D eigenvalue weighted by molar-refractivity contribution is 0.249. The van der Waals surface area contributed by atoms with Crippen LogP contribution >= 0.6 is 11.6 Å². The predicted octanol–water partition coefficient (Wildman–Crippen LogP) is 2.52. The molecule has 1 saturated heterocycles. The highest BCUT2D eigenvalue weighted by Gasteiger charge is 2.19. The lowest BCUT2D eigenvalue weighted by Gasteiger charge is -2.35. The van der Waals surface area contributed by atoms with Gasteiger partial charge in [0.15, 0.2) is 0 Å². The molecule has 0 atom stereocenters. The van der Waals surface area contributed by atoms with Gasteiger partial charge in [0, 0.05) is 58.0 Å². The summed E-state index contributed by atoms with van der Waals surface area (Å²) in [6.07, 6.45) is 1.83. The third-order valence-corrected chi connectivity index (χ3v) is 4.44. The molecule has 3 rings (SSSR count). The van der Waals surface area contributed by atoms with Gasteiger partial charge in [-0.15, -0.1) is 0 Å². The van der Waals surface area contributed by atoms with E-state index in [9.17, 15) is 0 Å². The first-order valence-corrected chi connectivity index (χ1v) is 8.22. The van der Waals surface area contributed by atoms with Crippen LogP contribution in [-0.2, 0) is 6.54 Å². The third kappa shape index (κ3) is 3.92. The molecule has 1 aromatic heterocycles. The Morgan fingerprint density at radius 1 is 1.09 bits per heavy atom. The topological polar surface area (TPSA) is 35.5 Å². The highest BCUT2D eigenvalue weighted by molar-refractivity contribution is 6.31. The smallest absolute Gasteiger partial charge is 0.226 e. The Kier molecular flexibility index (Phi) is 4.98. The lowest BCUT2D eigenvalue weighted by Crippen LogP contribution is -2.46. The van der Waals surface area contributed by atoms with E-state index in [0.717, 1.165) is 49.5 Å². The molecule has 5 nitrogen and oxygen atoms in total. The molecule has 122 valence electrons. The molecule has 1 fully saturated rings. The normalized spacial score (nSPS) is 15.7. The Balaban J connectivity index is 1.60. The van der Waals surface area contributed by atoms with Crippen LogP contribution in [0.5, 0.6) is 0 Å². The average Bonchev–Trinajstić information content (AvgIpc) is 2.58. The molecule has 0 N–H and O–H groups in total. The summed E-state index contributed by atoms with van der Waals surface area (Å²) in [5, 5.41) is 0.848. The molecule has 0 spiro atoms. The molecule has 0 radical (unpaired) electrons. The Morgan fingerprint density at radius 2 is 1.83 bits per heavy atom. The monoisotopic (exact) mass is 331 g/mol. The average molecular weight is 332 g/mol. The first-order chi connectivity index (χ1) is 11.1. The Labute approximate surface area is 142 Å². The summed E-state index contributed by atoms with van der Waals surface area (Å²) in [5.74, 6) is 1.75. The minimum Gasteiger partial charge on any atom is -0.354 e. The standard InChI is InChI=1S/C17H22ClN5/c1-21(2)17-19-8-7-16(20-17)23-11-9-22(10-12-23)13-14-5-3-4-6-15(14)18/h3-8H,9-13H2,1-2H3. The maximum absolute atomic E-state index is 6.26. The maximum atomic E-state index is 6.26.